The topological polar surface area (TPSA) is 62.2 Å². The van der Waals surface area contributed by atoms with Gasteiger partial charge >= 0.3 is 0 Å². The molecule has 34 heavy (non-hydrogen) atoms. The molecule has 0 radical (unpaired) electrons. The Labute approximate surface area is 207 Å². The summed E-state index contributed by atoms with van der Waals surface area (Å²) in [5.74, 6) is 1.44. The zero-order valence-corrected chi connectivity index (χ0v) is 20.5. The van der Waals surface area contributed by atoms with Crippen LogP contribution in [0.25, 0.3) is 0 Å². The number of carbonyl (C=O) groups is 1. The zero-order valence-electron chi connectivity index (χ0n) is 19.8. The van der Waals surface area contributed by atoms with Crippen LogP contribution in [0.4, 0.5) is 0 Å². The first-order valence-corrected chi connectivity index (χ1v) is 12.6. The highest BCUT2D eigenvalue weighted by atomic mass is 35.5. The fraction of sp³-hybridized carbons (Fsp3) is 0.519. The molecule has 2 aromatic carbocycles. The highest BCUT2D eigenvalue weighted by Gasteiger charge is 2.33. The Balaban J connectivity index is 1.43. The smallest absolute Gasteiger partial charge is 0.260 e. The number of aliphatic hydroxyl groups is 1. The monoisotopic (exact) mass is 486 g/mol. The molecule has 7 heteroatoms. The number of hydrogen-bond acceptors (Lipinski definition) is 5. The van der Waals surface area contributed by atoms with E-state index >= 15 is 0 Å². The van der Waals surface area contributed by atoms with Crippen LogP contribution in [0.5, 0.6) is 11.5 Å². The first-order chi connectivity index (χ1) is 16.6. The average molecular weight is 487 g/mol. The summed E-state index contributed by atoms with van der Waals surface area (Å²) in [5, 5.41) is 10.8. The minimum absolute atomic E-state index is 0.000764. The number of benzene rings is 2. The number of hydrogen-bond donors (Lipinski definition) is 1. The van der Waals surface area contributed by atoms with Gasteiger partial charge in [-0.05, 0) is 74.5 Å². The fourth-order valence-corrected chi connectivity index (χ4v) is 5.01. The van der Waals surface area contributed by atoms with Gasteiger partial charge < -0.3 is 19.5 Å². The molecule has 5 rings (SSSR count). The van der Waals surface area contributed by atoms with E-state index in [0.29, 0.717) is 30.5 Å². The van der Waals surface area contributed by atoms with Gasteiger partial charge in [-0.3, -0.25) is 9.69 Å². The minimum atomic E-state index is -0.0555. The van der Waals surface area contributed by atoms with Crippen LogP contribution >= 0.6 is 11.6 Å². The Kier molecular flexibility index (Phi) is 8.70. The molecule has 184 valence electrons. The molecule has 3 aliphatic rings. The van der Waals surface area contributed by atoms with Crippen molar-refractivity contribution in [2.75, 3.05) is 46.0 Å². The molecule has 1 N–H and O–H groups in total. The van der Waals surface area contributed by atoms with Crippen LogP contribution < -0.4 is 9.47 Å². The van der Waals surface area contributed by atoms with Crippen molar-refractivity contribution in [2.24, 2.45) is 5.41 Å². The van der Waals surface area contributed by atoms with Gasteiger partial charge in [0.15, 0.2) is 6.61 Å². The quantitative estimate of drug-likeness (QED) is 0.694. The highest BCUT2D eigenvalue weighted by Crippen LogP contribution is 2.37. The standard InChI is InChI=1S/C27H35ClN2O4/c28-23-7-9-24(10-8-23)34-20-26(32)30-14-4-3-11-27(21-31)12-15-29(16-13-27)19-22-5-1-2-6-25(22)33-18-17-30/h1-2,5-10,31H,3-4,11-21H2. The molecular weight excluding hydrogens is 452 g/mol. The lowest BCUT2D eigenvalue weighted by Crippen LogP contribution is -2.41. The number of halogens is 1. The average Bonchev–Trinajstić information content (AvgIpc) is 2.87. The molecule has 0 spiro atoms. The van der Waals surface area contributed by atoms with Crippen molar-refractivity contribution in [3.63, 3.8) is 0 Å². The van der Waals surface area contributed by atoms with E-state index in [-0.39, 0.29) is 24.5 Å². The lowest BCUT2D eigenvalue weighted by Gasteiger charge is -2.41. The Morgan fingerprint density at radius 1 is 1.00 bits per heavy atom. The molecule has 0 aliphatic carbocycles. The molecule has 3 aliphatic heterocycles. The Morgan fingerprint density at radius 2 is 1.76 bits per heavy atom. The third kappa shape index (κ3) is 6.65. The molecule has 0 atom stereocenters. The number of fused-ring (bicyclic) bond motifs is 9. The summed E-state index contributed by atoms with van der Waals surface area (Å²) >= 11 is 5.93. The van der Waals surface area contributed by atoms with E-state index < -0.39 is 0 Å². The molecule has 2 bridgehead atoms. The number of nitrogens with zero attached hydrogens (tertiary/aromatic N) is 2. The van der Waals surface area contributed by atoms with Gasteiger partial charge in [0.2, 0.25) is 0 Å². The van der Waals surface area contributed by atoms with Crippen LogP contribution in [0.2, 0.25) is 5.02 Å². The van der Waals surface area contributed by atoms with Crippen LogP contribution in [0.15, 0.2) is 48.5 Å². The van der Waals surface area contributed by atoms with Crippen molar-refractivity contribution in [2.45, 2.75) is 38.6 Å². The van der Waals surface area contributed by atoms with E-state index in [2.05, 4.69) is 11.0 Å². The summed E-state index contributed by atoms with van der Waals surface area (Å²) < 4.78 is 11.9. The van der Waals surface area contributed by atoms with Crippen LogP contribution in [-0.4, -0.2) is 66.8 Å². The third-order valence-electron chi connectivity index (χ3n) is 7.15. The molecule has 1 fully saturated rings. The van der Waals surface area contributed by atoms with Gasteiger partial charge in [0.05, 0.1) is 6.54 Å². The molecule has 0 aromatic heterocycles. The number of ether oxygens (including phenoxy) is 2. The van der Waals surface area contributed by atoms with Crippen LogP contribution in [0.3, 0.4) is 0 Å². The maximum Gasteiger partial charge on any atom is 0.260 e. The van der Waals surface area contributed by atoms with E-state index in [1.165, 1.54) is 0 Å². The summed E-state index contributed by atoms with van der Waals surface area (Å²) in [6.45, 7) is 4.63. The highest BCUT2D eigenvalue weighted by molar-refractivity contribution is 6.30. The van der Waals surface area contributed by atoms with E-state index in [0.717, 1.165) is 63.1 Å². The van der Waals surface area contributed by atoms with Crippen molar-refractivity contribution >= 4 is 17.5 Å². The normalized spacial score (nSPS) is 23.8. The second-order valence-electron chi connectivity index (χ2n) is 9.47. The number of para-hydroxylation sites is 1. The summed E-state index contributed by atoms with van der Waals surface area (Å²) in [7, 11) is 0. The van der Waals surface area contributed by atoms with Crippen LogP contribution in [-0.2, 0) is 11.3 Å². The summed E-state index contributed by atoms with van der Waals surface area (Å²) in [5.41, 5.74) is 1.16. The van der Waals surface area contributed by atoms with Crippen molar-refractivity contribution < 1.29 is 19.4 Å². The van der Waals surface area contributed by atoms with Gasteiger partial charge in [-0.2, -0.15) is 0 Å². The Hall–Kier alpha value is -2.28. The van der Waals surface area contributed by atoms with Crippen LogP contribution in [0.1, 0.15) is 37.7 Å². The molecule has 3 heterocycles. The van der Waals surface area contributed by atoms with E-state index in [4.69, 9.17) is 21.1 Å². The number of rotatable bonds is 4. The van der Waals surface area contributed by atoms with Gasteiger partial charge in [-0.25, -0.2) is 0 Å². The van der Waals surface area contributed by atoms with Crippen molar-refractivity contribution in [3.05, 3.63) is 59.1 Å². The van der Waals surface area contributed by atoms with Gasteiger partial charge in [-0.1, -0.05) is 36.2 Å². The second-order valence-corrected chi connectivity index (χ2v) is 9.91. The SMILES string of the molecule is O=C(COc1ccc(Cl)cc1)N1CCCCC2(CO)CCN(CC2)Cc2ccccc2OCC1. The molecule has 1 saturated heterocycles. The van der Waals surface area contributed by atoms with Gasteiger partial charge in [0.1, 0.15) is 18.1 Å². The summed E-state index contributed by atoms with van der Waals surface area (Å²) in [6.07, 6.45) is 4.89. The number of aliphatic hydroxyl groups excluding tert-OH is 1. The van der Waals surface area contributed by atoms with Gasteiger partial charge in [0, 0.05) is 30.3 Å². The van der Waals surface area contributed by atoms with Crippen LogP contribution in [0, 0.1) is 5.41 Å². The summed E-state index contributed by atoms with van der Waals surface area (Å²) in [4.78, 5) is 17.3. The summed E-state index contributed by atoms with van der Waals surface area (Å²) in [6, 6.07) is 15.2. The maximum atomic E-state index is 13.0. The van der Waals surface area contributed by atoms with Crippen molar-refractivity contribution in [1.29, 1.82) is 0 Å². The fourth-order valence-electron chi connectivity index (χ4n) is 4.89. The van der Waals surface area contributed by atoms with E-state index in [1.54, 1.807) is 24.3 Å². The molecule has 0 saturated carbocycles. The number of amides is 1. The molecule has 2 aromatic rings. The van der Waals surface area contributed by atoms with E-state index in [9.17, 15) is 9.90 Å². The first kappa shape index (κ1) is 24.8. The number of piperidine rings is 1. The third-order valence-corrected chi connectivity index (χ3v) is 7.40. The molecular formula is C27H35ClN2O4. The molecule has 1 amide bonds. The van der Waals surface area contributed by atoms with E-state index in [1.807, 2.05) is 23.1 Å². The predicted octanol–water partition coefficient (Wildman–Crippen LogP) is 4.38. The minimum Gasteiger partial charge on any atom is -0.491 e. The van der Waals surface area contributed by atoms with Gasteiger partial charge in [0.25, 0.3) is 5.91 Å². The largest absolute Gasteiger partial charge is 0.491 e. The molecule has 6 nitrogen and oxygen atoms in total. The lowest BCUT2D eigenvalue weighted by molar-refractivity contribution is -0.133. The Morgan fingerprint density at radius 3 is 2.53 bits per heavy atom. The second kappa shape index (κ2) is 11.9. The maximum absolute atomic E-state index is 13.0. The molecule has 0 unspecified atom stereocenters. The predicted molar refractivity (Wildman–Crippen MR) is 133 cm³/mol. The first-order valence-electron chi connectivity index (χ1n) is 12.3. The Bertz CT molecular complexity index is 928. The van der Waals surface area contributed by atoms with Crippen molar-refractivity contribution in [1.82, 2.24) is 9.80 Å². The number of carbonyl (C=O) groups excluding carboxylic acids is 1. The lowest BCUT2D eigenvalue weighted by atomic mass is 9.75. The van der Waals surface area contributed by atoms with Crippen molar-refractivity contribution in [3.8, 4) is 11.5 Å². The van der Waals surface area contributed by atoms with Gasteiger partial charge in [-0.15, -0.1) is 0 Å². The zero-order chi connectivity index (χ0) is 23.8.